The van der Waals surface area contributed by atoms with Crippen LogP contribution in [0.25, 0.3) is 5.76 Å². The lowest BCUT2D eigenvalue weighted by atomic mass is 9.87. The van der Waals surface area contributed by atoms with Crippen LogP contribution in [0.4, 0.5) is 13.2 Å². The molecular weight excluding hydrogens is 337 g/mol. The molecule has 1 aromatic carbocycles. The summed E-state index contributed by atoms with van der Waals surface area (Å²) < 4.78 is 44.5. The fourth-order valence-corrected chi connectivity index (χ4v) is 3.47. The molecule has 3 rings (SSSR count). The second-order valence-corrected chi connectivity index (χ2v) is 6.70. The molecule has 0 aliphatic carbocycles. The van der Waals surface area contributed by atoms with E-state index in [1.54, 1.807) is 6.92 Å². The molecule has 2 aliphatic heterocycles. The molecule has 0 saturated carbocycles. The summed E-state index contributed by atoms with van der Waals surface area (Å²) in [5.74, 6) is -1.82. The molecule has 7 heteroatoms. The highest BCUT2D eigenvalue weighted by Gasteiger charge is 2.54. The van der Waals surface area contributed by atoms with Crippen molar-refractivity contribution in [1.82, 2.24) is 0 Å². The van der Waals surface area contributed by atoms with Gasteiger partial charge in [-0.15, -0.1) is 0 Å². The van der Waals surface area contributed by atoms with E-state index < -0.39 is 40.8 Å². The lowest BCUT2D eigenvalue weighted by Gasteiger charge is -2.29. The van der Waals surface area contributed by atoms with Gasteiger partial charge in [-0.1, -0.05) is 6.07 Å². The molecule has 0 spiro atoms. The van der Waals surface area contributed by atoms with Crippen LogP contribution in [0, 0.1) is 13.8 Å². The molecule has 134 valence electrons. The van der Waals surface area contributed by atoms with Crippen LogP contribution in [0.2, 0.25) is 0 Å². The van der Waals surface area contributed by atoms with E-state index in [1.807, 2.05) is 0 Å². The van der Waals surface area contributed by atoms with Gasteiger partial charge in [0.25, 0.3) is 0 Å². The van der Waals surface area contributed by atoms with Gasteiger partial charge in [0.05, 0.1) is 5.56 Å². The molecule has 2 aliphatic rings. The molecule has 2 heterocycles. The number of ketones is 2. The van der Waals surface area contributed by atoms with Gasteiger partial charge in [0.15, 0.2) is 5.78 Å². The summed E-state index contributed by atoms with van der Waals surface area (Å²) in [6.07, 6.45) is -4.57. The Balaban J connectivity index is 2.16. The van der Waals surface area contributed by atoms with Crippen LogP contribution < -0.4 is 0 Å². The minimum absolute atomic E-state index is 0.0482. The summed E-state index contributed by atoms with van der Waals surface area (Å²) in [6, 6.07) is 1.94. The van der Waals surface area contributed by atoms with Crippen molar-refractivity contribution in [2.45, 2.75) is 51.5 Å². The Labute approximate surface area is 142 Å². The fraction of sp³-hybridized carbons (Fsp3) is 0.444. The summed E-state index contributed by atoms with van der Waals surface area (Å²) >= 11 is 0. The number of halogens is 3. The fourth-order valence-electron chi connectivity index (χ4n) is 3.47. The molecule has 0 aromatic heterocycles. The first kappa shape index (κ1) is 17.7. The van der Waals surface area contributed by atoms with E-state index in [0.717, 1.165) is 12.1 Å². The maximum absolute atomic E-state index is 13.0. The number of aliphatic hydroxyl groups excluding tert-OH is 1. The third kappa shape index (κ3) is 2.57. The molecule has 4 nitrogen and oxygen atoms in total. The van der Waals surface area contributed by atoms with Crippen LogP contribution in [0.3, 0.4) is 0 Å². The van der Waals surface area contributed by atoms with E-state index in [0.29, 0.717) is 12.8 Å². The quantitative estimate of drug-likeness (QED) is 0.475. The van der Waals surface area contributed by atoms with E-state index in [1.165, 1.54) is 13.8 Å². The molecule has 0 amide bonds. The van der Waals surface area contributed by atoms with Gasteiger partial charge >= 0.3 is 6.18 Å². The van der Waals surface area contributed by atoms with Crippen molar-refractivity contribution >= 4 is 17.3 Å². The Morgan fingerprint density at radius 1 is 1.24 bits per heavy atom. The number of rotatable bonds is 1. The summed E-state index contributed by atoms with van der Waals surface area (Å²) in [5.41, 5.74) is -2.20. The molecular formula is C18H17F3O4. The van der Waals surface area contributed by atoms with Gasteiger partial charge in [-0.2, -0.15) is 13.2 Å². The van der Waals surface area contributed by atoms with Crippen molar-refractivity contribution in [3.63, 3.8) is 0 Å². The minimum atomic E-state index is -4.52. The van der Waals surface area contributed by atoms with Crippen LogP contribution in [-0.4, -0.2) is 28.4 Å². The highest BCUT2D eigenvalue weighted by molar-refractivity contribution is 6.30. The number of alkyl halides is 3. The predicted molar refractivity (Wildman–Crippen MR) is 83.0 cm³/mol. The minimum Gasteiger partial charge on any atom is -0.506 e. The molecule has 2 fully saturated rings. The third-order valence-corrected chi connectivity index (χ3v) is 5.12. The van der Waals surface area contributed by atoms with Gasteiger partial charge in [0.1, 0.15) is 23.0 Å². The highest BCUT2D eigenvalue weighted by atomic mass is 19.4. The van der Waals surface area contributed by atoms with Crippen molar-refractivity contribution < 1.29 is 32.6 Å². The number of carbonyl (C=O) groups excluding carboxylic acids is 2. The number of benzene rings is 1. The summed E-state index contributed by atoms with van der Waals surface area (Å²) in [7, 11) is 0. The largest absolute Gasteiger partial charge is 0.506 e. The Kier molecular flexibility index (Phi) is 3.83. The van der Waals surface area contributed by atoms with E-state index in [9.17, 15) is 27.9 Å². The number of carbonyl (C=O) groups is 2. The Morgan fingerprint density at radius 3 is 2.48 bits per heavy atom. The normalized spacial score (nSPS) is 28.5. The van der Waals surface area contributed by atoms with Crippen molar-refractivity contribution in [1.29, 1.82) is 0 Å². The number of aliphatic hydroxyl groups is 1. The van der Waals surface area contributed by atoms with Crippen molar-refractivity contribution in [3.05, 3.63) is 40.0 Å². The summed E-state index contributed by atoms with van der Waals surface area (Å²) in [4.78, 5) is 25.0. The smallest absolute Gasteiger partial charge is 0.416 e. The molecule has 2 atom stereocenters. The maximum atomic E-state index is 13.0. The van der Waals surface area contributed by atoms with Gasteiger partial charge in [-0.05, 0) is 50.8 Å². The summed E-state index contributed by atoms with van der Waals surface area (Å²) in [5, 5.41) is 10.6. The van der Waals surface area contributed by atoms with Gasteiger partial charge in [-0.3, -0.25) is 9.59 Å². The molecule has 0 radical (unpaired) electrons. The zero-order valence-corrected chi connectivity index (χ0v) is 14.0. The number of ether oxygens (including phenoxy) is 1. The van der Waals surface area contributed by atoms with E-state index in [2.05, 4.69) is 0 Å². The highest BCUT2D eigenvalue weighted by Crippen LogP contribution is 2.42. The third-order valence-electron chi connectivity index (χ3n) is 5.12. The number of Topliss-reactive ketones (excluding diaryl/α,β-unsaturated/α-hetero) is 2. The average Bonchev–Trinajstić information content (AvgIpc) is 2.88. The van der Waals surface area contributed by atoms with Crippen molar-refractivity contribution in [2.24, 2.45) is 0 Å². The van der Waals surface area contributed by atoms with Crippen LogP contribution >= 0.6 is 0 Å². The zero-order chi connectivity index (χ0) is 18.7. The standard InChI is InChI=1S/C18H17F3O4/c1-8-9(2)11(18(19,20)21)5-4-10(8)14(22)13-15(23)12-6-7-17(3,25-12)16(13)24/h4-5,12,22H,6-7H2,1-3H3/b14-13-. The average molecular weight is 354 g/mol. The Bertz CT molecular complexity index is 822. The second kappa shape index (κ2) is 5.42. The molecule has 2 unspecified atom stereocenters. The maximum Gasteiger partial charge on any atom is 0.416 e. The summed E-state index contributed by atoms with van der Waals surface area (Å²) in [6.45, 7) is 4.26. The Morgan fingerprint density at radius 2 is 1.88 bits per heavy atom. The number of fused-ring (bicyclic) bond motifs is 2. The van der Waals surface area contributed by atoms with Crippen molar-refractivity contribution in [3.8, 4) is 0 Å². The topological polar surface area (TPSA) is 63.6 Å². The molecule has 2 bridgehead atoms. The van der Waals surface area contributed by atoms with Crippen LogP contribution in [0.5, 0.6) is 0 Å². The van der Waals surface area contributed by atoms with Gasteiger partial charge < -0.3 is 9.84 Å². The first-order valence-corrected chi connectivity index (χ1v) is 7.85. The molecule has 1 aromatic rings. The molecule has 2 saturated heterocycles. The van der Waals surface area contributed by atoms with Gasteiger partial charge in [-0.25, -0.2) is 0 Å². The monoisotopic (exact) mass is 354 g/mol. The number of hydrogen-bond donors (Lipinski definition) is 1. The molecule has 1 N–H and O–H groups in total. The first-order chi connectivity index (χ1) is 11.5. The van der Waals surface area contributed by atoms with Gasteiger partial charge in [0, 0.05) is 5.56 Å². The SMILES string of the molecule is Cc1c(/C(O)=C2\C(=O)C3CCC(C)(O3)C2=O)ccc(C(F)(F)F)c1C. The van der Waals surface area contributed by atoms with E-state index >= 15 is 0 Å². The van der Waals surface area contributed by atoms with E-state index in [-0.39, 0.29) is 22.3 Å². The second-order valence-electron chi connectivity index (χ2n) is 6.70. The zero-order valence-electron chi connectivity index (χ0n) is 14.0. The Hall–Kier alpha value is -2.15. The van der Waals surface area contributed by atoms with E-state index in [4.69, 9.17) is 4.74 Å². The lowest BCUT2D eigenvalue weighted by Crippen LogP contribution is -2.46. The number of hydrogen-bond acceptors (Lipinski definition) is 4. The predicted octanol–water partition coefficient (Wildman–Crippen LogP) is 3.68. The van der Waals surface area contributed by atoms with Gasteiger partial charge in [0.2, 0.25) is 5.78 Å². The van der Waals surface area contributed by atoms with Crippen molar-refractivity contribution in [2.75, 3.05) is 0 Å². The van der Waals surface area contributed by atoms with Crippen LogP contribution in [-0.2, 0) is 20.5 Å². The lowest BCUT2D eigenvalue weighted by molar-refractivity contribution is -0.151. The first-order valence-electron chi connectivity index (χ1n) is 7.85. The van der Waals surface area contributed by atoms with Crippen LogP contribution in [0.15, 0.2) is 17.7 Å². The van der Waals surface area contributed by atoms with Crippen LogP contribution in [0.1, 0.15) is 42.0 Å². The molecule has 25 heavy (non-hydrogen) atoms.